The lowest BCUT2D eigenvalue weighted by molar-refractivity contribution is 0.0870. The summed E-state index contributed by atoms with van der Waals surface area (Å²) in [5.74, 6) is 1.78. The average molecular weight is 488 g/mol. The van der Waals surface area contributed by atoms with Gasteiger partial charge in [-0.05, 0) is 44.2 Å². The van der Waals surface area contributed by atoms with Crippen LogP contribution in [-0.2, 0) is 4.74 Å². The van der Waals surface area contributed by atoms with Crippen LogP contribution in [0.5, 0.6) is 0 Å². The Kier molecular flexibility index (Phi) is 5.97. The lowest BCUT2D eigenvalue weighted by Crippen LogP contribution is -2.31. The number of anilines is 2. The first-order chi connectivity index (χ1) is 15.8. The van der Waals surface area contributed by atoms with Crippen LogP contribution in [0.25, 0.3) is 20.8 Å². The van der Waals surface area contributed by atoms with Gasteiger partial charge in [-0.1, -0.05) is 37.6 Å². The number of aliphatic hydroxyl groups excluding tert-OH is 1. The van der Waals surface area contributed by atoms with E-state index in [0.29, 0.717) is 41.9 Å². The van der Waals surface area contributed by atoms with Crippen LogP contribution in [0.1, 0.15) is 34.1 Å². The normalized spacial score (nSPS) is 28.3. The van der Waals surface area contributed by atoms with Gasteiger partial charge in [0.15, 0.2) is 0 Å². The van der Waals surface area contributed by atoms with Gasteiger partial charge in [0.2, 0.25) is 5.95 Å². The van der Waals surface area contributed by atoms with Crippen molar-refractivity contribution in [2.75, 3.05) is 23.8 Å². The van der Waals surface area contributed by atoms with E-state index in [9.17, 15) is 5.11 Å². The minimum Gasteiger partial charge on any atom is -0.392 e. The Hall–Kier alpha value is -2.00. The summed E-state index contributed by atoms with van der Waals surface area (Å²) in [5.41, 5.74) is 1.62. The summed E-state index contributed by atoms with van der Waals surface area (Å²) in [5, 5.41) is 18.3. The van der Waals surface area contributed by atoms with Crippen molar-refractivity contribution in [1.82, 2.24) is 15.0 Å². The van der Waals surface area contributed by atoms with E-state index in [1.807, 2.05) is 32.0 Å². The fourth-order valence-corrected chi connectivity index (χ4v) is 6.43. The standard InChI is InChI=1S/C24H30ClN5O2S/c1-12(2)32-10-9-26-23-29-20(25)18(22-28-15-7-5-6-8-17(15)33-22)21(30-23)27-16-11-14-19(31)24(14,4)13(16)3/h5-8,12-14,16,19,31H,9-11H2,1-4H3,(H2,26,27,29,30). The Balaban J connectivity index is 1.46. The number of nitrogens with one attached hydrogen (secondary N) is 2. The van der Waals surface area contributed by atoms with Crippen molar-refractivity contribution in [3.8, 4) is 10.6 Å². The zero-order valence-electron chi connectivity index (χ0n) is 19.3. The molecule has 0 saturated heterocycles. The van der Waals surface area contributed by atoms with Gasteiger partial charge in [0.25, 0.3) is 0 Å². The fourth-order valence-electron chi connectivity index (χ4n) is 5.10. The van der Waals surface area contributed by atoms with Gasteiger partial charge in [0, 0.05) is 18.0 Å². The summed E-state index contributed by atoms with van der Waals surface area (Å²) in [7, 11) is 0. The zero-order valence-corrected chi connectivity index (χ0v) is 20.9. The highest BCUT2D eigenvalue weighted by molar-refractivity contribution is 7.21. The van der Waals surface area contributed by atoms with Gasteiger partial charge < -0.3 is 20.5 Å². The van der Waals surface area contributed by atoms with Crippen LogP contribution in [0.2, 0.25) is 5.15 Å². The maximum Gasteiger partial charge on any atom is 0.226 e. The van der Waals surface area contributed by atoms with Gasteiger partial charge in [0.1, 0.15) is 16.0 Å². The molecule has 0 aliphatic heterocycles. The first kappa shape index (κ1) is 22.8. The molecule has 0 amide bonds. The molecule has 176 valence electrons. The number of benzene rings is 1. The molecule has 2 aromatic heterocycles. The Morgan fingerprint density at radius 2 is 2.06 bits per heavy atom. The number of fused-ring (bicyclic) bond motifs is 2. The van der Waals surface area contributed by atoms with Crippen molar-refractivity contribution < 1.29 is 9.84 Å². The maximum atomic E-state index is 10.3. The van der Waals surface area contributed by atoms with E-state index in [1.165, 1.54) is 0 Å². The second-order valence-corrected chi connectivity index (χ2v) is 11.0. The minimum atomic E-state index is -0.207. The van der Waals surface area contributed by atoms with Crippen LogP contribution in [0.3, 0.4) is 0 Å². The smallest absolute Gasteiger partial charge is 0.226 e. The molecule has 0 radical (unpaired) electrons. The fraction of sp³-hybridized carbons (Fsp3) is 0.542. The van der Waals surface area contributed by atoms with Crippen LogP contribution >= 0.6 is 22.9 Å². The topological polar surface area (TPSA) is 92.2 Å². The summed E-state index contributed by atoms with van der Waals surface area (Å²) in [6.07, 6.45) is 0.869. The molecule has 5 atom stereocenters. The lowest BCUT2D eigenvalue weighted by Gasteiger charge is -2.26. The van der Waals surface area contributed by atoms with E-state index in [2.05, 4.69) is 35.5 Å². The molecular formula is C24H30ClN5O2S. The van der Waals surface area contributed by atoms with Crippen molar-refractivity contribution in [2.45, 2.75) is 52.4 Å². The second-order valence-electron chi connectivity index (χ2n) is 9.59. The van der Waals surface area contributed by atoms with Crippen molar-refractivity contribution in [1.29, 1.82) is 0 Å². The third kappa shape index (κ3) is 4.07. The third-order valence-electron chi connectivity index (χ3n) is 7.33. The first-order valence-electron chi connectivity index (χ1n) is 11.5. The molecular weight excluding hydrogens is 458 g/mol. The van der Waals surface area contributed by atoms with Gasteiger partial charge in [-0.25, -0.2) is 9.97 Å². The first-order valence-corrected chi connectivity index (χ1v) is 12.7. The molecule has 0 bridgehead atoms. The largest absolute Gasteiger partial charge is 0.392 e. The van der Waals surface area contributed by atoms with Gasteiger partial charge in [-0.15, -0.1) is 11.3 Å². The molecule has 2 aliphatic carbocycles. The molecule has 1 aromatic carbocycles. The number of nitrogens with zero attached hydrogens (tertiary/aromatic N) is 3. The molecule has 0 spiro atoms. The van der Waals surface area contributed by atoms with Crippen LogP contribution in [-0.4, -0.2) is 51.5 Å². The van der Waals surface area contributed by atoms with Gasteiger partial charge >= 0.3 is 0 Å². The lowest BCUT2D eigenvalue weighted by atomic mass is 9.90. The summed E-state index contributed by atoms with van der Waals surface area (Å²) in [6, 6.07) is 8.23. The van der Waals surface area contributed by atoms with Crippen molar-refractivity contribution in [3.05, 3.63) is 29.4 Å². The SMILES string of the molecule is CC(C)OCCNc1nc(Cl)c(-c2nc3ccccc3s2)c(NC2CC3C(O)C3(C)C2C)n1. The van der Waals surface area contributed by atoms with Crippen molar-refractivity contribution >= 4 is 44.9 Å². The minimum absolute atomic E-state index is 0.0280. The molecule has 2 heterocycles. The number of thiazole rings is 1. The van der Waals surface area contributed by atoms with Gasteiger partial charge in [0.05, 0.1) is 34.6 Å². The predicted octanol–water partition coefficient (Wildman–Crippen LogP) is 5.06. The zero-order chi connectivity index (χ0) is 23.3. The second kappa shape index (κ2) is 8.65. The Labute approximate surface area is 203 Å². The number of halogens is 1. The molecule has 33 heavy (non-hydrogen) atoms. The van der Waals surface area contributed by atoms with Crippen molar-refractivity contribution in [3.63, 3.8) is 0 Å². The molecule has 3 N–H and O–H groups in total. The van der Waals surface area contributed by atoms with Crippen LogP contribution in [0.4, 0.5) is 11.8 Å². The van der Waals surface area contributed by atoms with E-state index in [4.69, 9.17) is 26.3 Å². The predicted molar refractivity (Wildman–Crippen MR) is 134 cm³/mol. The third-order valence-corrected chi connectivity index (χ3v) is 8.66. The Morgan fingerprint density at radius 1 is 1.27 bits per heavy atom. The number of aromatic nitrogens is 3. The van der Waals surface area contributed by atoms with Crippen LogP contribution in [0.15, 0.2) is 24.3 Å². The number of hydrogen-bond donors (Lipinski definition) is 3. The molecule has 2 aliphatic rings. The molecule has 3 aromatic rings. The Bertz CT molecular complexity index is 1140. The summed E-state index contributed by atoms with van der Waals surface area (Å²) in [4.78, 5) is 14.1. The van der Waals surface area contributed by atoms with Gasteiger partial charge in [-0.3, -0.25) is 0 Å². The molecule has 7 nitrogen and oxygen atoms in total. The Morgan fingerprint density at radius 3 is 2.76 bits per heavy atom. The highest BCUT2D eigenvalue weighted by Crippen LogP contribution is 2.66. The molecule has 2 saturated carbocycles. The number of hydrogen-bond acceptors (Lipinski definition) is 8. The summed E-state index contributed by atoms with van der Waals surface area (Å²) in [6.45, 7) is 9.54. The quantitative estimate of drug-likeness (QED) is 0.302. The average Bonchev–Trinajstić information content (AvgIpc) is 3.06. The summed E-state index contributed by atoms with van der Waals surface area (Å²) >= 11 is 8.31. The highest BCUT2D eigenvalue weighted by atomic mass is 35.5. The highest BCUT2D eigenvalue weighted by Gasteiger charge is 2.69. The van der Waals surface area contributed by atoms with E-state index in [0.717, 1.165) is 27.2 Å². The molecule has 2 fully saturated rings. The van der Waals surface area contributed by atoms with E-state index in [-0.39, 0.29) is 23.7 Å². The maximum absolute atomic E-state index is 10.3. The van der Waals surface area contributed by atoms with E-state index >= 15 is 0 Å². The van der Waals surface area contributed by atoms with Crippen LogP contribution < -0.4 is 10.6 Å². The van der Waals surface area contributed by atoms with Gasteiger partial charge in [-0.2, -0.15) is 4.98 Å². The molecule has 5 rings (SSSR count). The van der Waals surface area contributed by atoms with Crippen LogP contribution in [0, 0.1) is 17.3 Å². The number of ether oxygens (including phenoxy) is 1. The van der Waals surface area contributed by atoms with E-state index in [1.54, 1.807) is 11.3 Å². The number of aliphatic hydroxyl groups is 1. The number of para-hydroxylation sites is 1. The number of rotatable bonds is 8. The molecule has 5 unspecified atom stereocenters. The van der Waals surface area contributed by atoms with E-state index < -0.39 is 0 Å². The summed E-state index contributed by atoms with van der Waals surface area (Å²) < 4.78 is 6.70. The monoisotopic (exact) mass is 487 g/mol. The molecule has 9 heteroatoms. The van der Waals surface area contributed by atoms with Crippen molar-refractivity contribution in [2.24, 2.45) is 17.3 Å².